The van der Waals surface area contributed by atoms with Gasteiger partial charge in [-0.05, 0) is 31.5 Å². The Morgan fingerprint density at radius 3 is 2.84 bits per heavy atom. The number of alkyl halides is 1. The van der Waals surface area contributed by atoms with Gasteiger partial charge in [0.15, 0.2) is 5.43 Å². The summed E-state index contributed by atoms with van der Waals surface area (Å²) >= 11 is 2.06. The molecule has 5 heteroatoms. The van der Waals surface area contributed by atoms with E-state index in [-0.39, 0.29) is 11.4 Å². The third-order valence-corrected chi connectivity index (χ3v) is 4.13. The number of ether oxygens (including phenoxy) is 1. The van der Waals surface area contributed by atoms with Gasteiger partial charge in [-0.15, -0.1) is 0 Å². The van der Waals surface area contributed by atoms with E-state index < -0.39 is 3.42 Å². The third kappa shape index (κ3) is 2.97. The predicted molar refractivity (Wildman–Crippen MR) is 80.8 cm³/mol. The second kappa shape index (κ2) is 5.32. The molecule has 2 aromatic rings. The van der Waals surface area contributed by atoms with Gasteiger partial charge in [-0.25, -0.2) is 0 Å². The van der Waals surface area contributed by atoms with Gasteiger partial charge in [0.1, 0.15) is 14.8 Å². The first-order valence-electron chi connectivity index (χ1n) is 5.87. The number of halogens is 1. The summed E-state index contributed by atoms with van der Waals surface area (Å²) in [5, 5.41) is 0.402. The van der Waals surface area contributed by atoms with Crippen LogP contribution in [0.25, 0.3) is 11.0 Å². The molecule has 0 spiro atoms. The van der Waals surface area contributed by atoms with E-state index in [1.54, 1.807) is 12.1 Å². The molecule has 0 aliphatic heterocycles. The van der Waals surface area contributed by atoms with Crippen molar-refractivity contribution < 1.29 is 13.9 Å². The maximum absolute atomic E-state index is 12.0. The van der Waals surface area contributed by atoms with Gasteiger partial charge in [0.05, 0.1) is 11.6 Å². The molecule has 0 N–H and O–H groups in total. The molecule has 0 fully saturated rings. The van der Waals surface area contributed by atoms with E-state index >= 15 is 0 Å². The number of esters is 1. The molecule has 4 nitrogen and oxygen atoms in total. The second-order valence-corrected chi connectivity index (χ2v) is 6.76. The Kier molecular flexibility index (Phi) is 3.93. The molecule has 0 amide bonds. The lowest BCUT2D eigenvalue weighted by Gasteiger charge is -2.18. The van der Waals surface area contributed by atoms with Gasteiger partial charge in [0.2, 0.25) is 0 Å². The van der Waals surface area contributed by atoms with Gasteiger partial charge >= 0.3 is 5.97 Å². The van der Waals surface area contributed by atoms with Gasteiger partial charge in [0.25, 0.3) is 0 Å². The normalized spacial score (nSPS) is 14.1. The molecule has 2 rings (SSSR count). The topological polar surface area (TPSA) is 56.5 Å². The molecule has 0 aliphatic carbocycles. The van der Waals surface area contributed by atoms with Crippen LogP contribution in [0.15, 0.2) is 39.7 Å². The Hall–Kier alpha value is -1.37. The molecule has 100 valence electrons. The molecule has 1 aromatic carbocycles. The number of hydrogen-bond acceptors (Lipinski definition) is 4. The highest BCUT2D eigenvalue weighted by atomic mass is 127. The maximum Gasteiger partial charge on any atom is 0.327 e. The molecule has 1 aromatic heterocycles. The first kappa shape index (κ1) is 14.0. The average Bonchev–Trinajstić information content (AvgIpc) is 2.39. The van der Waals surface area contributed by atoms with Crippen LogP contribution >= 0.6 is 22.6 Å². The van der Waals surface area contributed by atoms with Gasteiger partial charge < -0.3 is 9.15 Å². The zero-order valence-corrected chi connectivity index (χ0v) is 12.8. The first-order valence-corrected chi connectivity index (χ1v) is 6.94. The number of carbonyl (C=O) groups is 1. The van der Waals surface area contributed by atoms with Crippen molar-refractivity contribution in [3.8, 4) is 5.75 Å². The average molecular weight is 372 g/mol. The van der Waals surface area contributed by atoms with Gasteiger partial charge in [-0.2, -0.15) is 0 Å². The Morgan fingerprint density at radius 1 is 1.42 bits per heavy atom. The van der Waals surface area contributed by atoms with Crippen molar-refractivity contribution in [3.63, 3.8) is 0 Å². The van der Waals surface area contributed by atoms with Crippen LogP contribution < -0.4 is 10.2 Å². The van der Waals surface area contributed by atoms with Crippen molar-refractivity contribution in [1.29, 1.82) is 0 Å². The van der Waals surface area contributed by atoms with E-state index in [0.29, 0.717) is 23.1 Å². The van der Waals surface area contributed by atoms with E-state index in [1.807, 2.05) is 13.8 Å². The quantitative estimate of drug-likeness (QED) is 0.359. The SMILES string of the molecule is CCC(C)(I)C(=O)Oc1ccc2occc(=O)c2c1. The van der Waals surface area contributed by atoms with Crippen LogP contribution in [0, 0.1) is 0 Å². The minimum Gasteiger partial charge on any atom is -0.464 e. The fourth-order valence-electron chi connectivity index (χ4n) is 1.48. The molecule has 1 heterocycles. The fraction of sp³-hybridized carbons (Fsp3) is 0.286. The van der Waals surface area contributed by atoms with Crippen LogP contribution in [0.4, 0.5) is 0 Å². The third-order valence-electron chi connectivity index (χ3n) is 2.93. The number of rotatable bonds is 3. The monoisotopic (exact) mass is 372 g/mol. The molecular formula is C14H13IO4. The zero-order valence-electron chi connectivity index (χ0n) is 10.6. The summed E-state index contributed by atoms with van der Waals surface area (Å²) in [6, 6.07) is 6.10. The van der Waals surface area contributed by atoms with Gasteiger partial charge in [-0.3, -0.25) is 9.59 Å². The Morgan fingerprint density at radius 2 is 2.16 bits per heavy atom. The van der Waals surface area contributed by atoms with E-state index in [1.165, 1.54) is 18.4 Å². The number of benzene rings is 1. The summed E-state index contributed by atoms with van der Waals surface area (Å²) in [5.41, 5.74) is 0.312. The molecule has 1 unspecified atom stereocenters. The maximum atomic E-state index is 12.0. The van der Waals surface area contributed by atoms with Crippen molar-refractivity contribution in [2.75, 3.05) is 0 Å². The molecule has 19 heavy (non-hydrogen) atoms. The van der Waals surface area contributed by atoms with Crippen LogP contribution in [0.5, 0.6) is 5.75 Å². The fourth-order valence-corrected chi connectivity index (χ4v) is 1.59. The number of carbonyl (C=O) groups excluding carboxylic acids is 1. The minimum absolute atomic E-state index is 0.160. The van der Waals surface area contributed by atoms with Crippen LogP contribution in [0.1, 0.15) is 20.3 Å². The Balaban J connectivity index is 2.35. The molecule has 1 atom stereocenters. The van der Waals surface area contributed by atoms with Crippen LogP contribution in [0.2, 0.25) is 0 Å². The molecule has 0 bridgehead atoms. The van der Waals surface area contributed by atoms with Crippen molar-refractivity contribution >= 4 is 39.5 Å². The number of fused-ring (bicyclic) bond motifs is 1. The second-order valence-electron chi connectivity index (χ2n) is 4.38. The Bertz CT molecular complexity index is 672. The Labute approximate surface area is 123 Å². The molecule has 0 saturated heterocycles. The summed E-state index contributed by atoms with van der Waals surface area (Å²) in [4.78, 5) is 23.6. The zero-order chi connectivity index (χ0) is 14.0. The smallest absolute Gasteiger partial charge is 0.327 e. The lowest BCUT2D eigenvalue weighted by atomic mass is 10.1. The molecular weight excluding hydrogens is 359 g/mol. The van der Waals surface area contributed by atoms with Crippen LogP contribution in [0.3, 0.4) is 0 Å². The minimum atomic E-state index is -0.575. The highest BCUT2D eigenvalue weighted by Crippen LogP contribution is 2.26. The first-order chi connectivity index (χ1) is 8.94. The summed E-state index contributed by atoms with van der Waals surface area (Å²) < 4.78 is 9.93. The molecule has 0 aliphatic rings. The van der Waals surface area contributed by atoms with Crippen LogP contribution in [-0.4, -0.2) is 9.39 Å². The largest absolute Gasteiger partial charge is 0.464 e. The van der Waals surface area contributed by atoms with E-state index in [9.17, 15) is 9.59 Å². The summed E-state index contributed by atoms with van der Waals surface area (Å²) in [7, 11) is 0. The summed E-state index contributed by atoms with van der Waals surface area (Å²) in [5.74, 6) is 0.0302. The number of hydrogen-bond donors (Lipinski definition) is 0. The van der Waals surface area contributed by atoms with Crippen LogP contribution in [-0.2, 0) is 4.79 Å². The van der Waals surface area contributed by atoms with Crippen molar-refractivity contribution in [2.45, 2.75) is 23.7 Å². The summed E-state index contributed by atoms with van der Waals surface area (Å²) in [6.45, 7) is 3.73. The van der Waals surface area contributed by atoms with Crippen molar-refractivity contribution in [2.24, 2.45) is 0 Å². The highest BCUT2D eigenvalue weighted by Gasteiger charge is 2.29. The standard InChI is InChI=1S/C14H13IO4/c1-3-14(2,15)13(17)19-9-4-5-12-10(8-9)11(16)6-7-18-12/h4-8H,3H2,1-2H3. The summed E-state index contributed by atoms with van der Waals surface area (Å²) in [6.07, 6.45) is 2.01. The lowest BCUT2D eigenvalue weighted by Crippen LogP contribution is -2.31. The molecule has 0 radical (unpaired) electrons. The lowest BCUT2D eigenvalue weighted by molar-refractivity contribution is -0.136. The van der Waals surface area contributed by atoms with Gasteiger partial charge in [-0.1, -0.05) is 29.5 Å². The highest BCUT2D eigenvalue weighted by molar-refractivity contribution is 14.1. The van der Waals surface area contributed by atoms with Crippen molar-refractivity contribution in [1.82, 2.24) is 0 Å². The van der Waals surface area contributed by atoms with Gasteiger partial charge in [0, 0.05) is 6.07 Å². The van der Waals surface area contributed by atoms with E-state index in [2.05, 4.69) is 22.6 Å². The molecule has 0 saturated carbocycles. The predicted octanol–water partition coefficient (Wildman–Crippen LogP) is 3.30. The van der Waals surface area contributed by atoms with Crippen molar-refractivity contribution in [3.05, 3.63) is 40.8 Å². The van der Waals surface area contributed by atoms with E-state index in [0.717, 1.165) is 0 Å². The van der Waals surface area contributed by atoms with E-state index in [4.69, 9.17) is 9.15 Å².